The molecule has 21 heavy (non-hydrogen) atoms. The van der Waals surface area contributed by atoms with E-state index in [4.69, 9.17) is 0 Å². The lowest BCUT2D eigenvalue weighted by Gasteiger charge is -2.11. The molecule has 2 amide bonds. The number of rotatable bonds is 7. The number of aromatic nitrogens is 1. The van der Waals surface area contributed by atoms with Crippen molar-refractivity contribution in [3.8, 4) is 0 Å². The van der Waals surface area contributed by atoms with E-state index in [2.05, 4.69) is 20.9 Å². The minimum absolute atomic E-state index is 0.0922. The van der Waals surface area contributed by atoms with Crippen LogP contribution in [0.2, 0.25) is 0 Å². The molecule has 0 aromatic carbocycles. The summed E-state index contributed by atoms with van der Waals surface area (Å²) in [5.74, 6) is 0.107. The minimum atomic E-state index is -0.181. The molecular formula is C15H22N4O2. The van der Waals surface area contributed by atoms with E-state index in [1.807, 2.05) is 19.9 Å². The highest BCUT2D eigenvalue weighted by Gasteiger charge is 2.29. The summed E-state index contributed by atoms with van der Waals surface area (Å²) in [5, 5.41) is 8.77. The number of amides is 2. The van der Waals surface area contributed by atoms with Gasteiger partial charge in [0.05, 0.1) is 11.3 Å². The average molecular weight is 290 g/mol. The summed E-state index contributed by atoms with van der Waals surface area (Å²) in [6.07, 6.45) is 3.55. The topological polar surface area (TPSA) is 83.1 Å². The number of nitrogens with zero attached hydrogens (tertiary/aromatic N) is 1. The summed E-state index contributed by atoms with van der Waals surface area (Å²) in [6, 6.07) is 1.85. The number of anilines is 1. The van der Waals surface area contributed by atoms with Gasteiger partial charge in [-0.3, -0.25) is 14.6 Å². The van der Waals surface area contributed by atoms with Crippen molar-refractivity contribution in [1.29, 1.82) is 0 Å². The maximum absolute atomic E-state index is 12.1. The van der Waals surface area contributed by atoms with Gasteiger partial charge in [0.15, 0.2) is 0 Å². The molecule has 1 heterocycles. The Bertz CT molecular complexity index is 526. The fourth-order valence-corrected chi connectivity index (χ4v) is 2.02. The van der Waals surface area contributed by atoms with Gasteiger partial charge in [-0.05, 0) is 32.8 Å². The Balaban J connectivity index is 1.83. The van der Waals surface area contributed by atoms with E-state index in [1.165, 1.54) is 0 Å². The molecule has 0 radical (unpaired) electrons. The number of carbonyl (C=O) groups excluding carboxylic acids is 2. The molecular weight excluding hydrogens is 268 g/mol. The number of nitrogens with one attached hydrogen (secondary N) is 3. The molecule has 2 rings (SSSR count). The molecule has 114 valence electrons. The van der Waals surface area contributed by atoms with E-state index in [-0.39, 0.29) is 17.7 Å². The Kier molecular flexibility index (Phi) is 5.14. The first kappa shape index (κ1) is 15.3. The van der Waals surface area contributed by atoms with Crippen molar-refractivity contribution in [2.24, 2.45) is 5.92 Å². The van der Waals surface area contributed by atoms with Gasteiger partial charge < -0.3 is 16.0 Å². The lowest BCUT2D eigenvalue weighted by molar-refractivity contribution is -0.122. The van der Waals surface area contributed by atoms with Crippen LogP contribution >= 0.6 is 0 Å². The van der Waals surface area contributed by atoms with Crippen LogP contribution < -0.4 is 16.0 Å². The molecule has 1 saturated carbocycles. The highest BCUT2D eigenvalue weighted by atomic mass is 16.2. The van der Waals surface area contributed by atoms with E-state index in [0.29, 0.717) is 18.7 Å². The predicted molar refractivity (Wildman–Crippen MR) is 81.2 cm³/mol. The molecule has 0 spiro atoms. The molecule has 1 aromatic heterocycles. The molecule has 0 bridgehead atoms. The third-order valence-corrected chi connectivity index (χ3v) is 3.31. The van der Waals surface area contributed by atoms with Crippen LogP contribution in [0.3, 0.4) is 0 Å². The SMILES string of the molecule is CCNc1cc(C)ncc1C(=O)NCCNC(=O)C1CC1. The van der Waals surface area contributed by atoms with Crippen molar-refractivity contribution in [1.82, 2.24) is 15.6 Å². The molecule has 0 unspecified atom stereocenters. The van der Waals surface area contributed by atoms with Gasteiger partial charge in [-0.1, -0.05) is 0 Å². The molecule has 1 aromatic rings. The fraction of sp³-hybridized carbons (Fsp3) is 0.533. The zero-order valence-corrected chi connectivity index (χ0v) is 12.5. The van der Waals surface area contributed by atoms with Crippen LogP contribution in [-0.4, -0.2) is 36.4 Å². The molecule has 3 N–H and O–H groups in total. The summed E-state index contributed by atoms with van der Waals surface area (Å²) in [6.45, 7) is 5.47. The predicted octanol–water partition coefficient (Wildman–Crippen LogP) is 1.08. The van der Waals surface area contributed by atoms with E-state index in [1.54, 1.807) is 6.20 Å². The summed E-state index contributed by atoms with van der Waals surface area (Å²) >= 11 is 0. The highest BCUT2D eigenvalue weighted by molar-refractivity contribution is 5.99. The van der Waals surface area contributed by atoms with Gasteiger partial charge in [0.2, 0.25) is 5.91 Å². The monoisotopic (exact) mass is 290 g/mol. The highest BCUT2D eigenvalue weighted by Crippen LogP contribution is 2.28. The third-order valence-electron chi connectivity index (χ3n) is 3.31. The van der Waals surface area contributed by atoms with E-state index in [0.717, 1.165) is 30.8 Å². The fourth-order valence-electron chi connectivity index (χ4n) is 2.02. The van der Waals surface area contributed by atoms with Crippen LogP contribution in [0.4, 0.5) is 5.69 Å². The lowest BCUT2D eigenvalue weighted by Crippen LogP contribution is -2.35. The number of pyridine rings is 1. The maximum atomic E-state index is 12.1. The van der Waals surface area contributed by atoms with Crippen molar-refractivity contribution in [3.05, 3.63) is 23.5 Å². The number of carbonyl (C=O) groups is 2. The molecule has 1 aliphatic rings. The molecule has 1 fully saturated rings. The first-order valence-electron chi connectivity index (χ1n) is 7.38. The molecule has 1 aliphatic carbocycles. The van der Waals surface area contributed by atoms with Crippen molar-refractivity contribution in [3.63, 3.8) is 0 Å². The van der Waals surface area contributed by atoms with E-state index < -0.39 is 0 Å². The summed E-state index contributed by atoms with van der Waals surface area (Å²) in [7, 11) is 0. The smallest absolute Gasteiger partial charge is 0.255 e. The van der Waals surface area contributed by atoms with Gasteiger partial charge in [-0.25, -0.2) is 0 Å². The Labute approximate surface area is 124 Å². The van der Waals surface area contributed by atoms with Gasteiger partial charge in [0, 0.05) is 37.4 Å². The molecule has 0 saturated heterocycles. The van der Waals surface area contributed by atoms with Gasteiger partial charge in [0.25, 0.3) is 5.91 Å². The molecule has 0 aliphatic heterocycles. The maximum Gasteiger partial charge on any atom is 0.255 e. The summed E-state index contributed by atoms with van der Waals surface area (Å²) in [5.41, 5.74) is 2.17. The second-order valence-electron chi connectivity index (χ2n) is 5.22. The van der Waals surface area contributed by atoms with Crippen LogP contribution in [0.15, 0.2) is 12.3 Å². The van der Waals surface area contributed by atoms with Crippen LogP contribution in [0.1, 0.15) is 35.8 Å². The summed E-state index contributed by atoms with van der Waals surface area (Å²) in [4.78, 5) is 27.8. The van der Waals surface area contributed by atoms with Crippen LogP contribution in [0.25, 0.3) is 0 Å². The number of hydrogen-bond acceptors (Lipinski definition) is 4. The minimum Gasteiger partial charge on any atom is -0.385 e. The molecule has 6 nitrogen and oxygen atoms in total. The zero-order valence-electron chi connectivity index (χ0n) is 12.5. The average Bonchev–Trinajstić information content (AvgIpc) is 3.28. The van der Waals surface area contributed by atoms with E-state index in [9.17, 15) is 9.59 Å². The van der Waals surface area contributed by atoms with Crippen molar-refractivity contribution in [2.45, 2.75) is 26.7 Å². The third kappa shape index (κ3) is 4.44. The first-order chi connectivity index (χ1) is 10.1. The van der Waals surface area contributed by atoms with E-state index >= 15 is 0 Å². The number of hydrogen-bond donors (Lipinski definition) is 3. The van der Waals surface area contributed by atoms with Crippen LogP contribution in [0, 0.1) is 12.8 Å². The Morgan fingerprint density at radius 1 is 1.29 bits per heavy atom. The van der Waals surface area contributed by atoms with Gasteiger partial charge in [0.1, 0.15) is 0 Å². The van der Waals surface area contributed by atoms with Crippen molar-refractivity contribution in [2.75, 3.05) is 25.0 Å². The van der Waals surface area contributed by atoms with Crippen LogP contribution in [0.5, 0.6) is 0 Å². The van der Waals surface area contributed by atoms with Crippen molar-refractivity contribution < 1.29 is 9.59 Å². The van der Waals surface area contributed by atoms with Crippen molar-refractivity contribution >= 4 is 17.5 Å². The van der Waals surface area contributed by atoms with Crippen LogP contribution in [-0.2, 0) is 4.79 Å². The van der Waals surface area contributed by atoms with Gasteiger partial charge in [-0.15, -0.1) is 0 Å². The molecule has 6 heteroatoms. The first-order valence-corrected chi connectivity index (χ1v) is 7.38. The van der Waals surface area contributed by atoms with Gasteiger partial charge >= 0.3 is 0 Å². The Morgan fingerprint density at radius 2 is 2.00 bits per heavy atom. The summed E-state index contributed by atoms with van der Waals surface area (Å²) < 4.78 is 0. The zero-order chi connectivity index (χ0) is 15.2. The second-order valence-corrected chi connectivity index (χ2v) is 5.22. The second kappa shape index (κ2) is 7.06. The number of aryl methyl sites for hydroxylation is 1. The normalized spacial score (nSPS) is 13.6. The van der Waals surface area contributed by atoms with Gasteiger partial charge in [-0.2, -0.15) is 0 Å². The lowest BCUT2D eigenvalue weighted by atomic mass is 10.2. The standard InChI is InChI=1S/C15H22N4O2/c1-3-16-13-8-10(2)19-9-12(13)15(21)18-7-6-17-14(20)11-4-5-11/h8-9,11H,3-7H2,1-2H3,(H,16,19)(H,17,20)(H,18,21). The Hall–Kier alpha value is -2.11. The molecule has 0 atom stereocenters. The largest absolute Gasteiger partial charge is 0.385 e. The quantitative estimate of drug-likeness (QED) is 0.656. The Morgan fingerprint density at radius 3 is 2.67 bits per heavy atom.